The summed E-state index contributed by atoms with van der Waals surface area (Å²) in [4.78, 5) is 0. The van der Waals surface area contributed by atoms with E-state index in [1.165, 1.54) is 65.3 Å². The standard InChI is InChI=1S/C23H26N/c1-17-8-6-7-11-22(17)23-15-21-14-19(18-9-4-3-5-10-18)12-13-20(21)16-24(23)2/h6-8,11-16,18H,3-5,9-10H2,1-2H3/q+1. The summed E-state index contributed by atoms with van der Waals surface area (Å²) in [5, 5.41) is 2.70. The maximum atomic E-state index is 2.44. The molecule has 0 amide bonds. The molecule has 1 heterocycles. The van der Waals surface area contributed by atoms with E-state index >= 15 is 0 Å². The second-order valence-corrected chi connectivity index (χ2v) is 7.31. The smallest absolute Gasteiger partial charge is 0.200 e. The van der Waals surface area contributed by atoms with Crippen LogP contribution in [0.3, 0.4) is 0 Å². The fraction of sp³-hybridized carbons (Fsp3) is 0.348. The van der Waals surface area contributed by atoms with Crippen LogP contribution >= 0.6 is 0 Å². The van der Waals surface area contributed by atoms with Crippen molar-refractivity contribution in [2.45, 2.75) is 44.9 Å². The zero-order valence-electron chi connectivity index (χ0n) is 14.8. The zero-order chi connectivity index (χ0) is 16.5. The molecule has 1 heteroatoms. The van der Waals surface area contributed by atoms with Crippen LogP contribution in [0.5, 0.6) is 0 Å². The summed E-state index contributed by atoms with van der Waals surface area (Å²) in [5.74, 6) is 0.763. The van der Waals surface area contributed by atoms with E-state index in [0.29, 0.717) is 0 Å². The van der Waals surface area contributed by atoms with Gasteiger partial charge in [-0.1, -0.05) is 49.6 Å². The van der Waals surface area contributed by atoms with E-state index in [1.54, 1.807) is 0 Å². The predicted octanol–water partition coefficient (Wildman–Crippen LogP) is 5.69. The van der Waals surface area contributed by atoms with Gasteiger partial charge in [0.2, 0.25) is 5.69 Å². The fourth-order valence-electron chi connectivity index (χ4n) is 4.18. The minimum Gasteiger partial charge on any atom is -0.200 e. The van der Waals surface area contributed by atoms with Crippen LogP contribution in [0.4, 0.5) is 0 Å². The molecule has 0 N–H and O–H groups in total. The van der Waals surface area contributed by atoms with Gasteiger partial charge < -0.3 is 0 Å². The molecule has 24 heavy (non-hydrogen) atoms. The fourth-order valence-corrected chi connectivity index (χ4v) is 4.18. The third-order valence-electron chi connectivity index (χ3n) is 5.61. The van der Waals surface area contributed by atoms with E-state index in [-0.39, 0.29) is 0 Å². The summed E-state index contributed by atoms with van der Waals surface area (Å²) in [6.45, 7) is 2.19. The van der Waals surface area contributed by atoms with Gasteiger partial charge in [0.25, 0.3) is 0 Å². The highest BCUT2D eigenvalue weighted by Gasteiger charge is 2.18. The Hall–Kier alpha value is -2.15. The lowest BCUT2D eigenvalue weighted by atomic mass is 9.83. The largest absolute Gasteiger partial charge is 0.213 e. The van der Waals surface area contributed by atoms with Gasteiger partial charge in [-0.2, -0.15) is 0 Å². The number of hydrogen-bond donors (Lipinski definition) is 0. The maximum Gasteiger partial charge on any atom is 0.213 e. The summed E-state index contributed by atoms with van der Waals surface area (Å²) in [5.41, 5.74) is 5.48. The van der Waals surface area contributed by atoms with Crippen LogP contribution in [-0.4, -0.2) is 0 Å². The van der Waals surface area contributed by atoms with E-state index in [4.69, 9.17) is 0 Å². The number of aromatic nitrogens is 1. The van der Waals surface area contributed by atoms with Gasteiger partial charge in [-0.15, -0.1) is 0 Å². The van der Waals surface area contributed by atoms with Gasteiger partial charge in [0.15, 0.2) is 6.20 Å². The summed E-state index contributed by atoms with van der Waals surface area (Å²) in [6, 6.07) is 18.1. The number of fused-ring (bicyclic) bond motifs is 1. The summed E-state index contributed by atoms with van der Waals surface area (Å²) >= 11 is 0. The first kappa shape index (κ1) is 15.4. The molecule has 1 aliphatic rings. The summed E-state index contributed by atoms with van der Waals surface area (Å²) in [6.07, 6.45) is 9.18. The molecule has 1 fully saturated rings. The molecule has 122 valence electrons. The van der Waals surface area contributed by atoms with Gasteiger partial charge in [0.1, 0.15) is 7.05 Å². The highest BCUT2D eigenvalue weighted by molar-refractivity contribution is 5.85. The molecule has 1 aromatic heterocycles. The number of pyridine rings is 1. The van der Waals surface area contributed by atoms with E-state index in [9.17, 15) is 0 Å². The van der Waals surface area contributed by atoms with Crippen molar-refractivity contribution < 1.29 is 4.57 Å². The molecule has 0 atom stereocenters. The SMILES string of the molecule is Cc1ccccc1-c1cc2cc(C3CCCCC3)ccc2c[n+]1C. The molecular formula is C23H26N+. The minimum absolute atomic E-state index is 0.763. The van der Waals surface area contributed by atoms with Crippen molar-refractivity contribution in [3.63, 3.8) is 0 Å². The van der Waals surface area contributed by atoms with Gasteiger partial charge in [0, 0.05) is 17.0 Å². The van der Waals surface area contributed by atoms with Gasteiger partial charge in [-0.05, 0) is 54.3 Å². The van der Waals surface area contributed by atoms with Crippen molar-refractivity contribution in [1.82, 2.24) is 0 Å². The second kappa shape index (κ2) is 6.39. The highest BCUT2D eigenvalue weighted by atomic mass is 14.9. The Kier molecular flexibility index (Phi) is 4.10. The normalized spacial score (nSPS) is 15.8. The van der Waals surface area contributed by atoms with Crippen molar-refractivity contribution in [3.05, 3.63) is 65.9 Å². The molecule has 0 aliphatic heterocycles. The molecule has 0 radical (unpaired) electrons. The Bertz CT molecular complexity index is 872. The number of benzene rings is 2. The quantitative estimate of drug-likeness (QED) is 0.535. The van der Waals surface area contributed by atoms with Crippen LogP contribution in [0.2, 0.25) is 0 Å². The average Bonchev–Trinajstić information content (AvgIpc) is 2.62. The zero-order valence-corrected chi connectivity index (χ0v) is 14.8. The molecule has 1 saturated carbocycles. The maximum absolute atomic E-state index is 2.44. The lowest BCUT2D eigenvalue weighted by molar-refractivity contribution is -0.659. The molecule has 3 aromatic rings. The van der Waals surface area contributed by atoms with Crippen LogP contribution < -0.4 is 4.57 Å². The monoisotopic (exact) mass is 316 g/mol. The molecule has 2 aromatic carbocycles. The summed E-state index contributed by atoms with van der Waals surface area (Å²) in [7, 11) is 2.15. The lowest BCUT2D eigenvalue weighted by Gasteiger charge is -2.22. The Labute approximate surface area is 145 Å². The molecular weight excluding hydrogens is 290 g/mol. The van der Waals surface area contributed by atoms with E-state index in [1.807, 2.05) is 0 Å². The van der Waals surface area contributed by atoms with Crippen LogP contribution in [0.25, 0.3) is 22.0 Å². The van der Waals surface area contributed by atoms with Crippen molar-refractivity contribution in [1.29, 1.82) is 0 Å². The first-order valence-electron chi connectivity index (χ1n) is 9.22. The van der Waals surface area contributed by atoms with Gasteiger partial charge in [0.05, 0.1) is 0 Å². The van der Waals surface area contributed by atoms with Crippen LogP contribution in [0.1, 0.15) is 49.1 Å². The van der Waals surface area contributed by atoms with Gasteiger partial charge in [-0.25, -0.2) is 4.57 Å². The van der Waals surface area contributed by atoms with Gasteiger partial charge >= 0.3 is 0 Å². The highest BCUT2D eigenvalue weighted by Crippen LogP contribution is 2.34. The number of hydrogen-bond acceptors (Lipinski definition) is 0. The van der Waals surface area contributed by atoms with Crippen molar-refractivity contribution in [2.24, 2.45) is 7.05 Å². The minimum atomic E-state index is 0.763. The lowest BCUT2D eigenvalue weighted by Crippen LogP contribution is -2.30. The Morgan fingerprint density at radius 2 is 1.67 bits per heavy atom. The van der Waals surface area contributed by atoms with E-state index in [2.05, 4.69) is 73.3 Å². The first-order valence-corrected chi connectivity index (χ1v) is 9.22. The molecule has 1 aliphatic carbocycles. The van der Waals surface area contributed by atoms with Crippen LogP contribution in [0.15, 0.2) is 54.7 Å². The van der Waals surface area contributed by atoms with Crippen molar-refractivity contribution in [3.8, 4) is 11.3 Å². The Balaban J connectivity index is 1.81. The molecule has 0 saturated heterocycles. The molecule has 0 spiro atoms. The van der Waals surface area contributed by atoms with Crippen molar-refractivity contribution >= 4 is 10.8 Å². The second-order valence-electron chi connectivity index (χ2n) is 7.31. The van der Waals surface area contributed by atoms with Crippen LogP contribution in [0, 0.1) is 6.92 Å². The molecule has 0 unspecified atom stereocenters. The summed E-state index contributed by atoms with van der Waals surface area (Å²) < 4.78 is 2.25. The first-order chi connectivity index (χ1) is 11.7. The third-order valence-corrected chi connectivity index (χ3v) is 5.61. The Morgan fingerprint density at radius 3 is 2.46 bits per heavy atom. The number of nitrogens with zero attached hydrogens (tertiary/aromatic N) is 1. The average molecular weight is 316 g/mol. The topological polar surface area (TPSA) is 3.88 Å². The third kappa shape index (κ3) is 2.84. The molecule has 1 nitrogen and oxygen atoms in total. The number of aryl methyl sites for hydroxylation is 2. The van der Waals surface area contributed by atoms with E-state index in [0.717, 1.165) is 5.92 Å². The van der Waals surface area contributed by atoms with Crippen molar-refractivity contribution in [2.75, 3.05) is 0 Å². The van der Waals surface area contributed by atoms with Gasteiger partial charge in [-0.3, -0.25) is 0 Å². The predicted molar refractivity (Wildman–Crippen MR) is 101 cm³/mol. The van der Waals surface area contributed by atoms with Crippen LogP contribution in [-0.2, 0) is 7.05 Å². The van der Waals surface area contributed by atoms with E-state index < -0.39 is 0 Å². The molecule has 0 bridgehead atoms. The molecule has 4 rings (SSSR count). The Morgan fingerprint density at radius 1 is 0.875 bits per heavy atom. The number of rotatable bonds is 2.